The molecule has 0 saturated carbocycles. The highest BCUT2D eigenvalue weighted by molar-refractivity contribution is 5.21. The topological polar surface area (TPSA) is 75.6 Å². The van der Waals surface area contributed by atoms with E-state index in [-0.39, 0.29) is 18.3 Å². The van der Waals surface area contributed by atoms with Gasteiger partial charge in [-0.3, -0.25) is 15.0 Å². The Hall–Kier alpha value is -3.49. The average molecular weight is 764 g/mol. The van der Waals surface area contributed by atoms with Crippen molar-refractivity contribution in [2.45, 2.75) is 108 Å². The van der Waals surface area contributed by atoms with Gasteiger partial charge in [-0.05, 0) is 68.7 Å². The largest absolute Gasteiger partial charge is 0.373 e. The predicted molar refractivity (Wildman–Crippen MR) is 226 cm³/mol. The second kappa shape index (κ2) is 18.4. The molecule has 8 atom stereocenters. The number of ether oxygens (including phenoxy) is 4. The molecule has 0 bridgehead atoms. The van der Waals surface area contributed by atoms with Crippen LogP contribution in [0.25, 0.3) is 0 Å². The van der Waals surface area contributed by atoms with Crippen molar-refractivity contribution >= 4 is 0 Å². The zero-order valence-corrected chi connectivity index (χ0v) is 36.2. The zero-order valence-electron chi connectivity index (χ0n) is 36.2. The van der Waals surface area contributed by atoms with Crippen LogP contribution in [0.2, 0.25) is 0 Å². The van der Waals surface area contributed by atoms with Crippen LogP contribution in [0.1, 0.15) is 130 Å². The van der Waals surface area contributed by atoms with E-state index < -0.39 is 0 Å². The summed E-state index contributed by atoms with van der Waals surface area (Å²) in [6, 6.07) is 24.7. The first-order chi connectivity index (χ1) is 26.4. The normalized spacial score (nSPS) is 27.1. The van der Waals surface area contributed by atoms with Gasteiger partial charge in [-0.2, -0.15) is 0 Å². The van der Waals surface area contributed by atoms with Gasteiger partial charge in [0.1, 0.15) is 6.10 Å². The monoisotopic (exact) mass is 764 g/mol. The highest BCUT2D eigenvalue weighted by atomic mass is 16.5. The summed E-state index contributed by atoms with van der Waals surface area (Å²) in [6.07, 6.45) is 10.2. The molecular weight excluding hydrogens is 695 g/mol. The first-order valence-electron chi connectivity index (χ1n) is 20.6. The molecule has 7 nitrogen and oxygen atoms in total. The summed E-state index contributed by atoms with van der Waals surface area (Å²) in [5.74, 6) is 2.50. The Kier molecular flexibility index (Phi) is 14.3. The van der Waals surface area contributed by atoms with Crippen LogP contribution < -0.4 is 0 Å². The van der Waals surface area contributed by atoms with Gasteiger partial charge >= 0.3 is 0 Å². The van der Waals surface area contributed by atoms with Crippen LogP contribution in [0.15, 0.2) is 104 Å². The van der Waals surface area contributed by atoms with E-state index >= 15 is 0 Å². The van der Waals surface area contributed by atoms with E-state index in [9.17, 15) is 0 Å². The minimum atomic E-state index is 0.205. The molecule has 3 aromatic heterocycles. The Morgan fingerprint density at radius 1 is 0.393 bits per heavy atom. The van der Waals surface area contributed by atoms with Crippen molar-refractivity contribution in [2.24, 2.45) is 45.3 Å². The SMILES string of the molecule is CC(C)(C)C1COC1c1ccccc1.CC(C)(C)C1COC1c1ccccn1.CC(C)(C)C1COC1c1cccnc1.CC(C)(C)C1COC1c1ccncc1. The number of rotatable bonds is 4. The standard InChI is InChI=1S/C13H18O.3C12H17NO/c1-13(2,3)11-9-14-12(11)10-7-5-4-6-8-10;1-12(2,3)10-8-14-11(10)9-4-6-13-7-5-9;1-12(2,3)10-8-14-11(10)9-5-4-6-13-7-9;1-12(2,3)9-8-14-11(9)10-6-4-5-7-13-10/h4-8,11-12H,9H2,1-3H3;2*4-7,10-11H,8H2,1-3H3;4-7,9,11H,8H2,1-3H3. The lowest BCUT2D eigenvalue weighted by atomic mass is 9.73. The van der Waals surface area contributed by atoms with Crippen LogP contribution in [0.4, 0.5) is 0 Å². The second-order valence-corrected chi connectivity index (χ2v) is 20.1. The number of aromatic nitrogens is 3. The van der Waals surface area contributed by atoms with Crippen LogP contribution in [-0.4, -0.2) is 41.4 Å². The molecule has 4 aliphatic rings. The number of benzene rings is 1. The van der Waals surface area contributed by atoms with Crippen molar-refractivity contribution in [3.63, 3.8) is 0 Å². The first-order valence-corrected chi connectivity index (χ1v) is 20.6. The Labute approximate surface area is 338 Å². The van der Waals surface area contributed by atoms with Crippen LogP contribution in [-0.2, 0) is 18.9 Å². The van der Waals surface area contributed by atoms with Gasteiger partial charge < -0.3 is 18.9 Å². The van der Waals surface area contributed by atoms with Crippen molar-refractivity contribution in [1.29, 1.82) is 0 Å². The fraction of sp³-hybridized carbons (Fsp3) is 0.571. The maximum atomic E-state index is 5.66. The number of hydrogen-bond acceptors (Lipinski definition) is 7. The molecule has 4 aromatic rings. The van der Waals surface area contributed by atoms with Crippen LogP contribution in [0, 0.1) is 45.3 Å². The van der Waals surface area contributed by atoms with Crippen molar-refractivity contribution < 1.29 is 18.9 Å². The molecule has 4 fully saturated rings. The summed E-state index contributed by atoms with van der Waals surface area (Å²) >= 11 is 0. The molecule has 0 radical (unpaired) electrons. The minimum absolute atomic E-state index is 0.205. The van der Waals surface area contributed by atoms with Crippen molar-refractivity contribution in [3.8, 4) is 0 Å². The molecule has 0 N–H and O–H groups in total. The fourth-order valence-electron chi connectivity index (χ4n) is 7.53. The lowest BCUT2D eigenvalue weighted by Crippen LogP contribution is -2.41. The van der Waals surface area contributed by atoms with E-state index in [1.807, 2.05) is 67.3 Å². The summed E-state index contributed by atoms with van der Waals surface area (Å²) < 4.78 is 22.5. The molecule has 304 valence electrons. The lowest BCUT2D eigenvalue weighted by molar-refractivity contribution is -0.161. The summed E-state index contributed by atoms with van der Waals surface area (Å²) in [7, 11) is 0. The molecule has 8 rings (SSSR count). The average Bonchev–Trinajstić information content (AvgIpc) is 3.03. The third kappa shape index (κ3) is 11.3. The quantitative estimate of drug-likeness (QED) is 0.205. The molecule has 1 aromatic carbocycles. The van der Waals surface area contributed by atoms with E-state index in [0.717, 1.165) is 32.1 Å². The van der Waals surface area contributed by atoms with Gasteiger partial charge in [0.25, 0.3) is 0 Å². The van der Waals surface area contributed by atoms with E-state index in [0.29, 0.717) is 51.4 Å². The van der Waals surface area contributed by atoms with Gasteiger partial charge in [-0.15, -0.1) is 0 Å². The van der Waals surface area contributed by atoms with Crippen LogP contribution in [0.5, 0.6) is 0 Å². The second-order valence-electron chi connectivity index (χ2n) is 20.1. The van der Waals surface area contributed by atoms with Gasteiger partial charge in [0.2, 0.25) is 0 Å². The summed E-state index contributed by atoms with van der Waals surface area (Å²) in [4.78, 5) is 12.5. The van der Waals surface area contributed by atoms with Gasteiger partial charge in [0.15, 0.2) is 0 Å². The van der Waals surface area contributed by atoms with E-state index in [2.05, 4.69) is 128 Å². The van der Waals surface area contributed by atoms with Gasteiger partial charge in [0, 0.05) is 54.7 Å². The molecule has 56 heavy (non-hydrogen) atoms. The maximum Gasteiger partial charge on any atom is 0.105 e. The number of hydrogen-bond donors (Lipinski definition) is 0. The zero-order chi connectivity index (χ0) is 40.7. The highest BCUT2D eigenvalue weighted by Crippen LogP contribution is 2.48. The molecular formula is C49H69N3O4. The Morgan fingerprint density at radius 3 is 1.18 bits per heavy atom. The molecule has 4 aliphatic heterocycles. The van der Waals surface area contributed by atoms with Crippen molar-refractivity contribution in [1.82, 2.24) is 15.0 Å². The van der Waals surface area contributed by atoms with Crippen molar-refractivity contribution in [3.05, 3.63) is 126 Å². The third-order valence-electron chi connectivity index (χ3n) is 11.9. The minimum Gasteiger partial charge on any atom is -0.373 e. The lowest BCUT2D eigenvalue weighted by Gasteiger charge is -2.45. The molecule has 4 saturated heterocycles. The van der Waals surface area contributed by atoms with Gasteiger partial charge in [0.05, 0.1) is 50.4 Å². The Morgan fingerprint density at radius 2 is 0.804 bits per heavy atom. The fourth-order valence-corrected chi connectivity index (χ4v) is 7.53. The summed E-state index contributed by atoms with van der Waals surface area (Å²) in [5.41, 5.74) is 6.15. The van der Waals surface area contributed by atoms with Crippen LogP contribution >= 0.6 is 0 Å². The van der Waals surface area contributed by atoms with E-state index in [4.69, 9.17) is 18.9 Å². The molecule has 0 amide bonds. The van der Waals surface area contributed by atoms with Crippen LogP contribution in [0.3, 0.4) is 0 Å². The molecule has 7 heteroatoms. The predicted octanol–water partition coefficient (Wildman–Crippen LogP) is 11.9. The first kappa shape index (κ1) is 43.6. The highest BCUT2D eigenvalue weighted by Gasteiger charge is 2.44. The number of pyridine rings is 3. The maximum absolute atomic E-state index is 5.66. The molecule has 7 heterocycles. The summed E-state index contributed by atoms with van der Waals surface area (Å²) in [6.45, 7) is 30.8. The van der Waals surface area contributed by atoms with E-state index in [1.165, 1.54) is 16.7 Å². The van der Waals surface area contributed by atoms with E-state index in [1.54, 1.807) is 6.20 Å². The van der Waals surface area contributed by atoms with Gasteiger partial charge in [-0.1, -0.05) is 126 Å². The summed E-state index contributed by atoms with van der Waals surface area (Å²) in [5, 5.41) is 0. The molecule has 0 aliphatic carbocycles. The molecule has 8 unspecified atom stereocenters. The number of nitrogens with zero attached hydrogens (tertiary/aromatic N) is 3. The Balaban J connectivity index is 0.000000143. The van der Waals surface area contributed by atoms with Gasteiger partial charge in [-0.25, -0.2) is 0 Å². The Bertz CT molecular complexity index is 1470. The smallest absolute Gasteiger partial charge is 0.105 e. The third-order valence-corrected chi connectivity index (χ3v) is 11.9. The van der Waals surface area contributed by atoms with Crippen molar-refractivity contribution in [2.75, 3.05) is 26.4 Å². The molecule has 0 spiro atoms.